The van der Waals surface area contributed by atoms with Crippen LogP contribution in [0.5, 0.6) is 0 Å². The minimum Gasteiger partial charge on any atom is -0.376 e. The molecule has 5 nitrogen and oxygen atoms in total. The summed E-state index contributed by atoms with van der Waals surface area (Å²) in [5, 5.41) is 0. The Hall–Kier alpha value is -0.170. The SMILES string of the molecule is CNS(=O)(=O)N1CCOC(C)C1. The molecule has 0 bridgehead atoms. The van der Waals surface area contributed by atoms with Crippen molar-refractivity contribution < 1.29 is 13.2 Å². The molecule has 1 fully saturated rings. The van der Waals surface area contributed by atoms with E-state index in [1.165, 1.54) is 11.4 Å². The molecule has 1 unspecified atom stereocenters. The molecule has 1 heterocycles. The Morgan fingerprint density at radius 2 is 2.25 bits per heavy atom. The summed E-state index contributed by atoms with van der Waals surface area (Å²) in [6.45, 7) is 3.20. The lowest BCUT2D eigenvalue weighted by Crippen LogP contribution is -2.48. The summed E-state index contributed by atoms with van der Waals surface area (Å²) in [6, 6.07) is 0. The minimum atomic E-state index is -3.25. The number of nitrogens with zero attached hydrogens (tertiary/aromatic N) is 1. The van der Waals surface area contributed by atoms with Crippen molar-refractivity contribution in [1.29, 1.82) is 0 Å². The van der Waals surface area contributed by atoms with Gasteiger partial charge in [0.1, 0.15) is 0 Å². The Morgan fingerprint density at radius 3 is 2.75 bits per heavy atom. The number of morpholine rings is 1. The Morgan fingerprint density at radius 1 is 1.58 bits per heavy atom. The van der Waals surface area contributed by atoms with Gasteiger partial charge in [-0.05, 0) is 6.92 Å². The van der Waals surface area contributed by atoms with Gasteiger partial charge < -0.3 is 4.74 Å². The highest BCUT2D eigenvalue weighted by Crippen LogP contribution is 2.07. The third-order valence-electron chi connectivity index (χ3n) is 1.80. The van der Waals surface area contributed by atoms with Gasteiger partial charge in [-0.3, -0.25) is 0 Å². The molecule has 1 rings (SSSR count). The highest BCUT2D eigenvalue weighted by molar-refractivity contribution is 7.87. The first-order valence-corrected chi connectivity index (χ1v) is 5.30. The summed E-state index contributed by atoms with van der Waals surface area (Å²) < 4.78 is 31.4. The molecule has 0 saturated carbocycles. The van der Waals surface area contributed by atoms with E-state index in [1.807, 2.05) is 6.92 Å². The topological polar surface area (TPSA) is 58.6 Å². The van der Waals surface area contributed by atoms with Crippen LogP contribution in [0.3, 0.4) is 0 Å². The number of hydrogen-bond donors (Lipinski definition) is 1. The maximum Gasteiger partial charge on any atom is 0.279 e. The van der Waals surface area contributed by atoms with Crippen LogP contribution >= 0.6 is 0 Å². The van der Waals surface area contributed by atoms with Gasteiger partial charge in [0.15, 0.2) is 0 Å². The summed E-state index contributed by atoms with van der Waals surface area (Å²) in [4.78, 5) is 0. The van der Waals surface area contributed by atoms with Gasteiger partial charge in [-0.15, -0.1) is 0 Å². The normalized spacial score (nSPS) is 27.3. The van der Waals surface area contributed by atoms with Crippen LogP contribution in [0.1, 0.15) is 6.92 Å². The molecule has 0 aliphatic carbocycles. The molecule has 0 radical (unpaired) electrons. The van der Waals surface area contributed by atoms with Crippen LogP contribution in [-0.2, 0) is 14.9 Å². The average molecular weight is 194 g/mol. The van der Waals surface area contributed by atoms with E-state index in [0.717, 1.165) is 0 Å². The molecule has 1 aliphatic rings. The molecule has 0 aromatic heterocycles. The number of nitrogens with one attached hydrogen (secondary N) is 1. The van der Waals surface area contributed by atoms with Gasteiger partial charge in [-0.25, -0.2) is 4.72 Å². The van der Waals surface area contributed by atoms with E-state index in [9.17, 15) is 8.42 Å². The molecule has 0 aromatic carbocycles. The summed E-state index contributed by atoms with van der Waals surface area (Å²) in [5.74, 6) is 0. The van der Waals surface area contributed by atoms with Crippen LogP contribution in [0.25, 0.3) is 0 Å². The van der Waals surface area contributed by atoms with Crippen LogP contribution < -0.4 is 4.72 Å². The molecule has 1 saturated heterocycles. The van der Waals surface area contributed by atoms with Crippen molar-refractivity contribution in [2.45, 2.75) is 13.0 Å². The van der Waals surface area contributed by atoms with E-state index in [4.69, 9.17) is 4.74 Å². The molecule has 1 aliphatic heterocycles. The van der Waals surface area contributed by atoms with E-state index >= 15 is 0 Å². The van der Waals surface area contributed by atoms with Crippen LogP contribution in [-0.4, -0.2) is 45.6 Å². The van der Waals surface area contributed by atoms with E-state index in [2.05, 4.69) is 4.72 Å². The molecule has 1 atom stereocenters. The number of ether oxygens (including phenoxy) is 1. The largest absolute Gasteiger partial charge is 0.376 e. The third-order valence-corrected chi connectivity index (χ3v) is 3.33. The molecule has 0 amide bonds. The van der Waals surface area contributed by atoms with Crippen molar-refractivity contribution in [2.24, 2.45) is 0 Å². The predicted molar refractivity (Wildman–Crippen MR) is 45.0 cm³/mol. The van der Waals surface area contributed by atoms with Crippen LogP contribution in [0.2, 0.25) is 0 Å². The summed E-state index contributed by atoms with van der Waals surface area (Å²) in [6.07, 6.45) is -0.0122. The Labute approximate surface area is 72.9 Å². The minimum absolute atomic E-state index is 0.0122. The third kappa shape index (κ3) is 2.16. The van der Waals surface area contributed by atoms with Crippen molar-refractivity contribution in [1.82, 2.24) is 9.03 Å². The summed E-state index contributed by atoms with van der Waals surface area (Å²) >= 11 is 0. The van der Waals surface area contributed by atoms with E-state index in [1.54, 1.807) is 0 Å². The lowest BCUT2D eigenvalue weighted by atomic mass is 10.3. The highest BCUT2D eigenvalue weighted by Gasteiger charge is 2.25. The van der Waals surface area contributed by atoms with E-state index in [0.29, 0.717) is 19.7 Å². The number of hydrogen-bond acceptors (Lipinski definition) is 3. The van der Waals surface area contributed by atoms with Gasteiger partial charge >= 0.3 is 0 Å². The second-order valence-electron chi connectivity index (χ2n) is 2.75. The van der Waals surface area contributed by atoms with Gasteiger partial charge in [0.25, 0.3) is 10.2 Å². The molecule has 0 spiro atoms. The quantitative estimate of drug-likeness (QED) is 0.624. The highest BCUT2D eigenvalue weighted by atomic mass is 32.2. The first-order chi connectivity index (χ1) is 5.56. The van der Waals surface area contributed by atoms with E-state index in [-0.39, 0.29) is 6.10 Å². The maximum absolute atomic E-state index is 11.3. The first-order valence-electron chi connectivity index (χ1n) is 3.86. The molecular weight excluding hydrogens is 180 g/mol. The Bertz CT molecular complexity index is 239. The van der Waals surface area contributed by atoms with Crippen LogP contribution in [0.15, 0.2) is 0 Å². The Balaban J connectivity index is 2.63. The van der Waals surface area contributed by atoms with Crippen molar-refractivity contribution in [3.05, 3.63) is 0 Å². The maximum atomic E-state index is 11.3. The van der Waals surface area contributed by atoms with Crippen molar-refractivity contribution in [2.75, 3.05) is 26.7 Å². The fourth-order valence-electron chi connectivity index (χ4n) is 1.13. The van der Waals surface area contributed by atoms with Gasteiger partial charge in [0.05, 0.1) is 12.7 Å². The fourth-order valence-corrected chi connectivity index (χ4v) is 2.11. The zero-order valence-electron chi connectivity index (χ0n) is 7.28. The Kier molecular flexibility index (Phi) is 3.05. The zero-order valence-corrected chi connectivity index (χ0v) is 8.10. The molecule has 0 aromatic rings. The zero-order chi connectivity index (χ0) is 9.19. The second kappa shape index (κ2) is 3.69. The standard InChI is InChI=1S/C6H14N2O3S/c1-6-5-8(3-4-11-6)12(9,10)7-2/h6-7H,3-5H2,1-2H3. The lowest BCUT2D eigenvalue weighted by molar-refractivity contribution is 0.00986. The fraction of sp³-hybridized carbons (Fsp3) is 1.00. The van der Waals surface area contributed by atoms with Gasteiger partial charge in [0.2, 0.25) is 0 Å². The molecule has 1 N–H and O–H groups in total. The molecule has 72 valence electrons. The van der Waals surface area contributed by atoms with E-state index < -0.39 is 10.2 Å². The van der Waals surface area contributed by atoms with Crippen molar-refractivity contribution >= 4 is 10.2 Å². The predicted octanol–water partition coefficient (Wildman–Crippen LogP) is -0.829. The first kappa shape index (κ1) is 9.91. The molecule has 12 heavy (non-hydrogen) atoms. The molecule has 6 heteroatoms. The smallest absolute Gasteiger partial charge is 0.279 e. The van der Waals surface area contributed by atoms with Crippen LogP contribution in [0.4, 0.5) is 0 Å². The van der Waals surface area contributed by atoms with Crippen LogP contribution in [0, 0.1) is 0 Å². The number of rotatable bonds is 2. The molecular formula is C6H14N2O3S. The summed E-state index contributed by atoms with van der Waals surface area (Å²) in [5.41, 5.74) is 0. The lowest BCUT2D eigenvalue weighted by Gasteiger charge is -2.29. The van der Waals surface area contributed by atoms with Crippen molar-refractivity contribution in [3.63, 3.8) is 0 Å². The monoisotopic (exact) mass is 194 g/mol. The average Bonchev–Trinajstić information content (AvgIpc) is 2.05. The van der Waals surface area contributed by atoms with Gasteiger partial charge in [-0.2, -0.15) is 12.7 Å². The summed E-state index contributed by atoms with van der Waals surface area (Å²) in [7, 11) is -1.84. The van der Waals surface area contributed by atoms with Crippen molar-refractivity contribution in [3.8, 4) is 0 Å². The van der Waals surface area contributed by atoms with Gasteiger partial charge in [-0.1, -0.05) is 0 Å². The van der Waals surface area contributed by atoms with Gasteiger partial charge in [0, 0.05) is 20.1 Å². The second-order valence-corrected chi connectivity index (χ2v) is 4.62.